The lowest BCUT2D eigenvalue weighted by atomic mass is 9.73. The Morgan fingerprint density at radius 1 is 1.24 bits per heavy atom. The van der Waals surface area contributed by atoms with E-state index < -0.39 is 0 Å². The van der Waals surface area contributed by atoms with Crippen molar-refractivity contribution < 1.29 is 0 Å². The lowest BCUT2D eigenvalue weighted by Crippen LogP contribution is -2.39. The summed E-state index contributed by atoms with van der Waals surface area (Å²) in [7, 11) is 0. The Morgan fingerprint density at radius 3 is 2.81 bits per heavy atom. The molecule has 1 unspecified atom stereocenters. The first-order valence-corrected chi connectivity index (χ1v) is 7.89. The highest BCUT2D eigenvalue weighted by Crippen LogP contribution is 2.38. The average Bonchev–Trinajstić information content (AvgIpc) is 2.41. The van der Waals surface area contributed by atoms with E-state index in [1.54, 1.807) is 0 Å². The van der Waals surface area contributed by atoms with Crippen LogP contribution in [0, 0.1) is 12.3 Å². The number of hydrogen-bond acceptors (Lipinski definition) is 3. The molecule has 1 aromatic carbocycles. The first-order valence-electron chi connectivity index (χ1n) is 7.89. The van der Waals surface area contributed by atoms with Crippen LogP contribution in [0.1, 0.15) is 45.2 Å². The fourth-order valence-corrected chi connectivity index (χ4v) is 3.44. The van der Waals surface area contributed by atoms with Crippen molar-refractivity contribution in [1.82, 2.24) is 4.98 Å². The fourth-order valence-electron chi connectivity index (χ4n) is 3.44. The smallest absolute Gasteiger partial charge is 0.0727 e. The van der Waals surface area contributed by atoms with Gasteiger partial charge in [-0.15, -0.1) is 0 Å². The van der Waals surface area contributed by atoms with Gasteiger partial charge in [-0.3, -0.25) is 4.98 Å². The van der Waals surface area contributed by atoms with Crippen LogP contribution < -0.4 is 11.1 Å². The zero-order valence-electron chi connectivity index (χ0n) is 13.2. The summed E-state index contributed by atoms with van der Waals surface area (Å²) in [5.74, 6) is 0. The highest BCUT2D eigenvalue weighted by atomic mass is 14.9. The maximum atomic E-state index is 5.96. The first kappa shape index (κ1) is 14.2. The average molecular weight is 283 g/mol. The van der Waals surface area contributed by atoms with Crippen molar-refractivity contribution in [2.24, 2.45) is 5.41 Å². The maximum absolute atomic E-state index is 5.96. The predicted octanol–water partition coefficient (Wildman–Crippen LogP) is 4.51. The number of nitrogens with one attached hydrogen (secondary N) is 1. The summed E-state index contributed by atoms with van der Waals surface area (Å²) in [5.41, 5.74) is 10.3. The molecule has 0 aliphatic heterocycles. The van der Waals surface area contributed by atoms with E-state index in [-0.39, 0.29) is 0 Å². The predicted molar refractivity (Wildman–Crippen MR) is 90.6 cm³/mol. The van der Waals surface area contributed by atoms with Crippen molar-refractivity contribution in [3.63, 3.8) is 0 Å². The molecule has 0 spiro atoms. The van der Waals surface area contributed by atoms with E-state index in [0.717, 1.165) is 22.3 Å². The SMILES string of the molecule is Cc1cc(NC2CCCCC2(C)C)c2cc(N)ccc2n1. The monoisotopic (exact) mass is 283 g/mol. The summed E-state index contributed by atoms with van der Waals surface area (Å²) in [6.07, 6.45) is 5.17. The van der Waals surface area contributed by atoms with Crippen molar-refractivity contribution in [3.05, 3.63) is 30.0 Å². The maximum Gasteiger partial charge on any atom is 0.0727 e. The van der Waals surface area contributed by atoms with Gasteiger partial charge in [0.25, 0.3) is 0 Å². The van der Waals surface area contributed by atoms with E-state index in [2.05, 4.69) is 30.2 Å². The van der Waals surface area contributed by atoms with Gasteiger partial charge >= 0.3 is 0 Å². The molecule has 1 aromatic heterocycles. The molecule has 0 bridgehead atoms. The van der Waals surface area contributed by atoms with Crippen molar-refractivity contribution in [2.45, 2.75) is 52.5 Å². The summed E-state index contributed by atoms with van der Waals surface area (Å²) in [5, 5.41) is 4.91. The third-order valence-electron chi connectivity index (χ3n) is 4.80. The van der Waals surface area contributed by atoms with Crippen LogP contribution in [0.2, 0.25) is 0 Å². The number of nitrogens with zero attached hydrogens (tertiary/aromatic N) is 1. The van der Waals surface area contributed by atoms with Gasteiger partial charge in [0, 0.05) is 28.5 Å². The van der Waals surface area contributed by atoms with Gasteiger partial charge in [-0.2, -0.15) is 0 Å². The van der Waals surface area contributed by atoms with E-state index in [0.29, 0.717) is 11.5 Å². The van der Waals surface area contributed by atoms with Crippen LogP contribution in [-0.2, 0) is 0 Å². The third-order valence-corrected chi connectivity index (χ3v) is 4.80. The molecule has 0 saturated heterocycles. The molecule has 112 valence electrons. The summed E-state index contributed by atoms with van der Waals surface area (Å²) < 4.78 is 0. The largest absolute Gasteiger partial charge is 0.399 e. The molecule has 1 saturated carbocycles. The lowest BCUT2D eigenvalue weighted by Gasteiger charge is -2.40. The number of rotatable bonds is 2. The Kier molecular flexibility index (Phi) is 3.52. The molecule has 1 atom stereocenters. The Hall–Kier alpha value is -1.77. The number of fused-ring (bicyclic) bond motifs is 1. The molecule has 3 heteroatoms. The number of aryl methyl sites for hydroxylation is 1. The minimum absolute atomic E-state index is 0.335. The number of pyridine rings is 1. The lowest BCUT2D eigenvalue weighted by molar-refractivity contribution is 0.217. The normalized spacial score (nSPS) is 21.4. The molecular formula is C18H25N3. The van der Waals surface area contributed by atoms with E-state index in [9.17, 15) is 0 Å². The molecule has 3 N–H and O–H groups in total. The summed E-state index contributed by atoms with van der Waals surface area (Å²) in [6, 6.07) is 8.61. The van der Waals surface area contributed by atoms with Crippen LogP contribution in [0.15, 0.2) is 24.3 Å². The van der Waals surface area contributed by atoms with Gasteiger partial charge in [0.05, 0.1) is 5.52 Å². The van der Waals surface area contributed by atoms with Crippen LogP contribution in [0.3, 0.4) is 0 Å². The second-order valence-electron chi connectivity index (χ2n) is 7.02. The van der Waals surface area contributed by atoms with E-state index in [4.69, 9.17) is 5.73 Å². The molecule has 0 amide bonds. The Balaban J connectivity index is 2.01. The minimum atomic E-state index is 0.335. The molecule has 1 fully saturated rings. The van der Waals surface area contributed by atoms with Gasteiger partial charge in [-0.25, -0.2) is 0 Å². The van der Waals surface area contributed by atoms with Gasteiger partial charge < -0.3 is 11.1 Å². The Labute approximate surface area is 127 Å². The molecule has 1 aliphatic carbocycles. The van der Waals surface area contributed by atoms with E-state index in [1.165, 1.54) is 31.4 Å². The topological polar surface area (TPSA) is 50.9 Å². The Bertz CT molecular complexity index is 661. The number of nitrogen functional groups attached to an aromatic ring is 1. The molecule has 0 radical (unpaired) electrons. The molecule has 3 nitrogen and oxygen atoms in total. The fraction of sp³-hybridized carbons (Fsp3) is 0.500. The van der Waals surface area contributed by atoms with Crippen molar-refractivity contribution >= 4 is 22.3 Å². The molecule has 2 aromatic rings. The quantitative estimate of drug-likeness (QED) is 0.797. The molecular weight excluding hydrogens is 258 g/mol. The van der Waals surface area contributed by atoms with Gasteiger partial charge in [0.1, 0.15) is 0 Å². The van der Waals surface area contributed by atoms with E-state index >= 15 is 0 Å². The number of nitrogens with two attached hydrogens (primary N) is 1. The summed E-state index contributed by atoms with van der Waals surface area (Å²) in [4.78, 5) is 4.61. The number of anilines is 2. The summed E-state index contributed by atoms with van der Waals surface area (Å²) >= 11 is 0. The van der Waals surface area contributed by atoms with Gasteiger partial charge in [-0.1, -0.05) is 26.7 Å². The first-order chi connectivity index (χ1) is 9.95. The molecule has 1 heterocycles. The number of aromatic nitrogens is 1. The Morgan fingerprint density at radius 2 is 2.05 bits per heavy atom. The zero-order valence-corrected chi connectivity index (χ0v) is 13.2. The van der Waals surface area contributed by atoms with Gasteiger partial charge in [-0.05, 0) is 49.4 Å². The van der Waals surface area contributed by atoms with Gasteiger partial charge in [0.2, 0.25) is 0 Å². The second kappa shape index (κ2) is 5.21. The standard InChI is InChI=1S/C18H25N3/c1-12-10-16(14-11-13(19)7-8-15(14)20-12)21-17-6-4-5-9-18(17,2)3/h7-8,10-11,17H,4-6,9,19H2,1-3H3,(H,20,21). The molecule has 21 heavy (non-hydrogen) atoms. The van der Waals surface area contributed by atoms with Crippen LogP contribution in [0.25, 0.3) is 10.9 Å². The van der Waals surface area contributed by atoms with Crippen LogP contribution in [0.4, 0.5) is 11.4 Å². The number of benzene rings is 1. The third kappa shape index (κ3) is 2.82. The highest BCUT2D eigenvalue weighted by molar-refractivity contribution is 5.93. The van der Waals surface area contributed by atoms with Crippen molar-refractivity contribution in [1.29, 1.82) is 0 Å². The van der Waals surface area contributed by atoms with Gasteiger partial charge in [0.15, 0.2) is 0 Å². The highest BCUT2D eigenvalue weighted by Gasteiger charge is 2.32. The van der Waals surface area contributed by atoms with E-state index in [1.807, 2.05) is 25.1 Å². The zero-order chi connectivity index (χ0) is 15.0. The second-order valence-corrected chi connectivity index (χ2v) is 7.02. The van der Waals surface area contributed by atoms with Crippen LogP contribution in [-0.4, -0.2) is 11.0 Å². The molecule has 3 rings (SSSR count). The van der Waals surface area contributed by atoms with Crippen molar-refractivity contribution in [2.75, 3.05) is 11.1 Å². The van der Waals surface area contributed by atoms with Crippen LogP contribution in [0.5, 0.6) is 0 Å². The van der Waals surface area contributed by atoms with Crippen LogP contribution >= 0.6 is 0 Å². The minimum Gasteiger partial charge on any atom is -0.399 e. The number of hydrogen-bond donors (Lipinski definition) is 2. The summed E-state index contributed by atoms with van der Waals surface area (Å²) in [6.45, 7) is 6.79. The van der Waals surface area contributed by atoms with Crippen molar-refractivity contribution in [3.8, 4) is 0 Å². The molecule has 1 aliphatic rings.